The quantitative estimate of drug-likeness (QED) is 0.725. The number of fused-ring (bicyclic) bond motifs is 1. The summed E-state index contributed by atoms with van der Waals surface area (Å²) in [6, 6.07) is 1.88. The fraction of sp³-hybridized carbons (Fsp3) is 0.500. The second-order valence-corrected chi connectivity index (χ2v) is 10.1. The minimum atomic E-state index is -3.41. The molecular formula is C20H22N4O3S. The van der Waals surface area contributed by atoms with Gasteiger partial charge in [-0.2, -0.15) is 0 Å². The molecule has 7 nitrogen and oxygen atoms in total. The normalized spacial score (nSPS) is 25.2. The number of sulfonamides is 1. The van der Waals surface area contributed by atoms with Crippen LogP contribution in [0.2, 0.25) is 0 Å². The Labute approximate surface area is 163 Å². The van der Waals surface area contributed by atoms with Crippen LogP contribution in [0.5, 0.6) is 5.75 Å². The van der Waals surface area contributed by atoms with Gasteiger partial charge in [-0.1, -0.05) is 22.8 Å². The predicted octanol–water partition coefficient (Wildman–Crippen LogP) is 3.02. The Hall–Kier alpha value is -2.35. The van der Waals surface area contributed by atoms with Crippen LogP contribution in [0.1, 0.15) is 43.6 Å². The molecule has 146 valence electrons. The Morgan fingerprint density at radius 2 is 2.11 bits per heavy atom. The molecule has 2 atom stereocenters. The molecule has 2 unspecified atom stereocenters. The molecule has 4 bridgehead atoms. The van der Waals surface area contributed by atoms with Gasteiger partial charge in [-0.15, -0.1) is 10.2 Å². The molecule has 2 aromatic rings. The first-order chi connectivity index (χ1) is 13.5. The van der Waals surface area contributed by atoms with Crippen LogP contribution in [-0.4, -0.2) is 35.9 Å². The molecule has 7 rings (SSSR count). The second kappa shape index (κ2) is 5.59. The van der Waals surface area contributed by atoms with Gasteiger partial charge in [0.15, 0.2) is 5.65 Å². The van der Waals surface area contributed by atoms with E-state index in [1.54, 1.807) is 21.1 Å². The minimum absolute atomic E-state index is 0.215. The standard InChI is InChI=1S/C20H22N4O3S/c1-28(25,26)23-20-22-21-18-9-17(16(10-24(18)20)11-2-3-11)27-7-6-12-4-5-13-14-8-15(13)19(12)14/h5,9-11,14-15H,2-4,6-8H2,1H3,(H,22,23). The van der Waals surface area contributed by atoms with Crippen LogP contribution >= 0.6 is 0 Å². The third-order valence-electron chi connectivity index (χ3n) is 6.51. The Balaban J connectivity index is 1.24. The summed E-state index contributed by atoms with van der Waals surface area (Å²) >= 11 is 0. The highest BCUT2D eigenvalue weighted by molar-refractivity contribution is 7.92. The first kappa shape index (κ1) is 16.6. The van der Waals surface area contributed by atoms with Crippen molar-refractivity contribution in [1.29, 1.82) is 0 Å². The predicted molar refractivity (Wildman–Crippen MR) is 105 cm³/mol. The molecular weight excluding hydrogens is 376 g/mol. The summed E-state index contributed by atoms with van der Waals surface area (Å²) in [6.07, 6.45) is 11.2. The van der Waals surface area contributed by atoms with Gasteiger partial charge in [-0.05, 0) is 31.6 Å². The van der Waals surface area contributed by atoms with Crippen LogP contribution < -0.4 is 9.46 Å². The van der Waals surface area contributed by atoms with Crippen LogP contribution in [0.25, 0.3) is 5.65 Å². The average Bonchev–Trinajstić information content (AvgIpc) is 3.35. The number of rotatable bonds is 7. The van der Waals surface area contributed by atoms with Crippen LogP contribution in [0, 0.1) is 11.8 Å². The van der Waals surface area contributed by atoms with Crippen LogP contribution in [0.15, 0.2) is 35.1 Å². The molecule has 0 aliphatic heterocycles. The van der Waals surface area contributed by atoms with E-state index < -0.39 is 10.0 Å². The molecule has 0 aromatic carbocycles. The van der Waals surface area contributed by atoms with Crippen LogP contribution in [0.3, 0.4) is 0 Å². The van der Waals surface area contributed by atoms with E-state index in [1.165, 1.54) is 6.42 Å². The van der Waals surface area contributed by atoms with Crippen molar-refractivity contribution in [3.05, 3.63) is 40.6 Å². The van der Waals surface area contributed by atoms with E-state index in [1.807, 2.05) is 12.3 Å². The van der Waals surface area contributed by atoms with E-state index in [2.05, 4.69) is 21.0 Å². The van der Waals surface area contributed by atoms with E-state index >= 15 is 0 Å². The summed E-state index contributed by atoms with van der Waals surface area (Å²) in [5, 5.41) is 8.08. The Kier molecular flexibility index (Phi) is 3.31. The molecule has 8 heteroatoms. The van der Waals surface area contributed by atoms with Gasteiger partial charge in [0.25, 0.3) is 0 Å². The zero-order chi connectivity index (χ0) is 19.0. The van der Waals surface area contributed by atoms with Crippen LogP contribution in [0.4, 0.5) is 5.95 Å². The number of nitrogens with zero attached hydrogens (tertiary/aromatic N) is 3. The van der Waals surface area contributed by atoms with Gasteiger partial charge in [0.2, 0.25) is 16.0 Å². The van der Waals surface area contributed by atoms with E-state index in [9.17, 15) is 8.42 Å². The van der Waals surface area contributed by atoms with Crippen molar-refractivity contribution in [2.24, 2.45) is 11.8 Å². The average molecular weight is 398 g/mol. The maximum Gasteiger partial charge on any atom is 0.242 e. The van der Waals surface area contributed by atoms with E-state index in [4.69, 9.17) is 4.74 Å². The van der Waals surface area contributed by atoms with Crippen molar-refractivity contribution >= 4 is 21.6 Å². The number of pyridine rings is 1. The summed E-state index contributed by atoms with van der Waals surface area (Å²) in [7, 11) is -3.41. The number of anilines is 1. The third-order valence-corrected chi connectivity index (χ3v) is 7.06. The lowest BCUT2D eigenvalue weighted by Crippen LogP contribution is -2.48. The van der Waals surface area contributed by atoms with Crippen LogP contribution in [-0.2, 0) is 10.0 Å². The lowest BCUT2D eigenvalue weighted by molar-refractivity contribution is 0.232. The molecule has 4 saturated carbocycles. The summed E-state index contributed by atoms with van der Waals surface area (Å²) in [4.78, 5) is 0. The molecule has 5 aliphatic rings. The number of ether oxygens (including phenoxy) is 1. The molecule has 1 N–H and O–H groups in total. The van der Waals surface area contributed by atoms with Crippen molar-refractivity contribution in [2.75, 3.05) is 17.6 Å². The molecule has 0 spiro atoms. The fourth-order valence-electron chi connectivity index (χ4n) is 4.85. The van der Waals surface area contributed by atoms with Gasteiger partial charge >= 0.3 is 0 Å². The van der Waals surface area contributed by atoms with Gasteiger partial charge in [0.05, 0.1) is 12.9 Å². The first-order valence-electron chi connectivity index (χ1n) is 9.89. The number of hydrogen-bond donors (Lipinski definition) is 1. The molecule has 2 heterocycles. The van der Waals surface area contributed by atoms with Gasteiger partial charge in [-0.25, -0.2) is 8.42 Å². The summed E-state index contributed by atoms with van der Waals surface area (Å²) < 4.78 is 33.4. The van der Waals surface area contributed by atoms with E-state index in [0.717, 1.165) is 55.1 Å². The Morgan fingerprint density at radius 3 is 2.79 bits per heavy atom. The molecule has 28 heavy (non-hydrogen) atoms. The van der Waals surface area contributed by atoms with Crippen molar-refractivity contribution in [3.63, 3.8) is 0 Å². The zero-order valence-corrected chi connectivity index (χ0v) is 16.5. The fourth-order valence-corrected chi connectivity index (χ4v) is 5.32. The highest BCUT2D eigenvalue weighted by Gasteiger charge is 2.54. The van der Waals surface area contributed by atoms with E-state index in [0.29, 0.717) is 18.2 Å². The molecule has 4 fully saturated rings. The Bertz CT molecular complexity index is 1160. The summed E-state index contributed by atoms with van der Waals surface area (Å²) in [6.45, 7) is 0.667. The Morgan fingerprint density at radius 1 is 1.29 bits per heavy atom. The summed E-state index contributed by atoms with van der Waals surface area (Å²) in [5.41, 5.74) is 6.66. The molecule has 0 saturated heterocycles. The van der Waals surface area contributed by atoms with Gasteiger partial charge in [0.1, 0.15) is 5.75 Å². The smallest absolute Gasteiger partial charge is 0.242 e. The van der Waals surface area contributed by atoms with E-state index in [-0.39, 0.29) is 5.95 Å². The lowest BCUT2D eigenvalue weighted by Gasteiger charge is -2.59. The molecule has 5 aliphatic carbocycles. The maximum absolute atomic E-state index is 11.6. The highest BCUT2D eigenvalue weighted by Crippen LogP contribution is 2.66. The topological polar surface area (TPSA) is 85.6 Å². The highest BCUT2D eigenvalue weighted by atomic mass is 32.2. The number of aromatic nitrogens is 3. The van der Waals surface area contributed by atoms with Gasteiger partial charge < -0.3 is 4.74 Å². The zero-order valence-electron chi connectivity index (χ0n) is 15.7. The minimum Gasteiger partial charge on any atom is -0.493 e. The third kappa shape index (κ3) is 2.50. The second-order valence-electron chi connectivity index (χ2n) is 8.40. The molecule has 0 amide bonds. The number of allylic oxidation sites excluding steroid dienone is 3. The van der Waals surface area contributed by atoms with Crippen molar-refractivity contribution in [1.82, 2.24) is 14.6 Å². The van der Waals surface area contributed by atoms with Gasteiger partial charge in [-0.3, -0.25) is 9.12 Å². The number of hydrogen-bond acceptors (Lipinski definition) is 5. The maximum atomic E-state index is 11.6. The SMILES string of the molecule is CS(=O)(=O)Nc1nnc2cc(OCCC3=C4C5CC4C5=CC3)c(C3CC3)cn12. The monoisotopic (exact) mass is 398 g/mol. The van der Waals surface area contributed by atoms with Crippen molar-refractivity contribution in [3.8, 4) is 5.75 Å². The van der Waals surface area contributed by atoms with Gasteiger partial charge in [0, 0.05) is 36.1 Å². The molecule has 0 radical (unpaired) electrons. The number of nitrogens with one attached hydrogen (secondary N) is 1. The lowest BCUT2D eigenvalue weighted by atomic mass is 9.45. The van der Waals surface area contributed by atoms with Crippen molar-refractivity contribution < 1.29 is 13.2 Å². The molecule has 2 aromatic heterocycles. The largest absolute Gasteiger partial charge is 0.493 e. The van der Waals surface area contributed by atoms with Crippen molar-refractivity contribution in [2.45, 2.75) is 38.0 Å². The summed E-state index contributed by atoms with van der Waals surface area (Å²) in [5.74, 6) is 3.10. The first-order valence-corrected chi connectivity index (χ1v) is 11.8.